The zero-order valence-corrected chi connectivity index (χ0v) is 28.0. The van der Waals surface area contributed by atoms with Crippen LogP contribution in [0.3, 0.4) is 0 Å². The summed E-state index contributed by atoms with van der Waals surface area (Å²) in [5.74, 6) is -1.41. The number of anilines is 1. The van der Waals surface area contributed by atoms with Crippen molar-refractivity contribution in [2.45, 2.75) is 64.6 Å². The summed E-state index contributed by atoms with van der Waals surface area (Å²) in [6, 6.07) is 2.26. The Balaban J connectivity index is 0.000000554. The number of aliphatic hydroxyl groups is 1. The molecule has 15 heteroatoms. The van der Waals surface area contributed by atoms with Crippen molar-refractivity contribution in [1.82, 2.24) is 29.5 Å². The molecule has 0 unspecified atom stereocenters. The van der Waals surface area contributed by atoms with Gasteiger partial charge in [0.1, 0.15) is 35.7 Å². The first kappa shape index (κ1) is 39.0. The molecule has 2 N–H and O–H groups in total. The molecule has 0 radical (unpaired) electrons. The third kappa shape index (κ3) is 12.5. The molecule has 1 saturated carbocycles. The summed E-state index contributed by atoms with van der Waals surface area (Å²) < 4.78 is 41.4. The fraction of sp³-hybridized carbons (Fsp3) is 0.438. The lowest BCUT2D eigenvalue weighted by molar-refractivity contribution is -0.112. The second-order valence-electron chi connectivity index (χ2n) is 10.1. The third-order valence-electron chi connectivity index (χ3n) is 6.36. The van der Waals surface area contributed by atoms with Crippen molar-refractivity contribution in [1.29, 1.82) is 0 Å². The summed E-state index contributed by atoms with van der Waals surface area (Å²) in [5, 5.41) is 22.3. The molecule has 4 aromatic rings. The highest BCUT2D eigenvalue weighted by atomic mass is 32.1. The predicted octanol–water partition coefficient (Wildman–Crippen LogP) is 6.16. The number of aromatic nitrogens is 6. The van der Waals surface area contributed by atoms with Crippen LogP contribution >= 0.6 is 11.3 Å². The maximum Gasteiger partial charge on any atom is 0.213 e. The number of rotatable bonds is 11. The molecule has 1 fully saturated rings. The van der Waals surface area contributed by atoms with Crippen LogP contribution in [0, 0.1) is 11.8 Å². The highest BCUT2D eigenvalue weighted by molar-refractivity contribution is 7.13. The lowest BCUT2D eigenvalue weighted by Gasteiger charge is -2.21. The van der Waals surface area contributed by atoms with E-state index in [0.29, 0.717) is 36.7 Å². The van der Waals surface area contributed by atoms with E-state index >= 15 is 0 Å². The number of ether oxygens (including phenoxy) is 2. The summed E-state index contributed by atoms with van der Waals surface area (Å²) in [5.41, 5.74) is 2.61. The zero-order chi connectivity index (χ0) is 34.6. The molecule has 256 valence electrons. The highest BCUT2D eigenvalue weighted by Crippen LogP contribution is 2.35. The standard InChI is InChI=1S/C24H25F2N7OS.C4H6O2.2C2H6O/c1-15(20-13-35-24(29-20)16-10-27-32(11-16)14-34-2)28-19-12-33(17-6-4-3-5-7-17)31-23(19)22-18(25)8-9-21(26)30-22;5-3-1-2-4-6;1-3-2;1-2-3/h8-13,17,28H,1,3-7,14H2,2H3;3-4H,1-2H2;1-2H3;3H,2H2,1H3. The largest absolute Gasteiger partial charge is 0.397 e. The highest BCUT2D eigenvalue weighted by Gasteiger charge is 2.23. The molecule has 12 nitrogen and oxygen atoms in total. The number of hydrogen-bond acceptors (Lipinski definition) is 11. The predicted molar refractivity (Wildman–Crippen MR) is 178 cm³/mol. The number of hydrogen-bond donors (Lipinski definition) is 2. The molecule has 5 rings (SSSR count). The fourth-order valence-corrected chi connectivity index (χ4v) is 5.17. The first-order valence-corrected chi connectivity index (χ1v) is 15.9. The molecule has 0 bridgehead atoms. The van der Waals surface area contributed by atoms with E-state index in [4.69, 9.17) is 9.84 Å². The van der Waals surface area contributed by atoms with Gasteiger partial charge in [0.2, 0.25) is 5.95 Å². The van der Waals surface area contributed by atoms with Gasteiger partial charge in [-0.05, 0) is 31.9 Å². The van der Waals surface area contributed by atoms with Crippen molar-refractivity contribution >= 4 is 35.3 Å². The van der Waals surface area contributed by atoms with Gasteiger partial charge in [-0.3, -0.25) is 4.68 Å². The Kier molecular flexibility index (Phi) is 17.9. The molecular formula is C32H43F2N7O5S. The summed E-state index contributed by atoms with van der Waals surface area (Å²) in [4.78, 5) is 27.3. The van der Waals surface area contributed by atoms with Gasteiger partial charge in [-0.15, -0.1) is 11.3 Å². The van der Waals surface area contributed by atoms with Crippen LogP contribution in [0.15, 0.2) is 42.7 Å². The van der Waals surface area contributed by atoms with E-state index in [2.05, 4.69) is 36.8 Å². The minimum absolute atomic E-state index is 0.139. The first-order chi connectivity index (χ1) is 22.8. The molecule has 4 aromatic heterocycles. The Hall–Kier alpha value is -4.18. The summed E-state index contributed by atoms with van der Waals surface area (Å²) in [6.45, 7) is 6.41. The molecular weight excluding hydrogens is 632 g/mol. The van der Waals surface area contributed by atoms with E-state index < -0.39 is 11.8 Å². The monoisotopic (exact) mass is 675 g/mol. The van der Waals surface area contributed by atoms with Crippen LogP contribution < -0.4 is 5.32 Å². The van der Waals surface area contributed by atoms with Crippen molar-refractivity contribution in [3.8, 4) is 22.0 Å². The van der Waals surface area contributed by atoms with Crippen molar-refractivity contribution in [2.75, 3.05) is 33.3 Å². The van der Waals surface area contributed by atoms with Gasteiger partial charge in [-0.25, -0.2) is 19.0 Å². The third-order valence-corrected chi connectivity index (χ3v) is 7.25. The normalized spacial score (nSPS) is 12.4. The van der Waals surface area contributed by atoms with Crippen molar-refractivity contribution < 1.29 is 33.0 Å². The van der Waals surface area contributed by atoms with E-state index in [1.807, 2.05) is 22.5 Å². The van der Waals surface area contributed by atoms with E-state index in [1.165, 1.54) is 17.8 Å². The van der Waals surface area contributed by atoms with Crippen LogP contribution in [-0.4, -0.2) is 75.1 Å². The van der Waals surface area contributed by atoms with Gasteiger partial charge in [0.25, 0.3) is 0 Å². The van der Waals surface area contributed by atoms with Gasteiger partial charge < -0.3 is 29.5 Å². The molecule has 1 aliphatic rings. The van der Waals surface area contributed by atoms with Crippen LogP contribution in [0.4, 0.5) is 14.5 Å². The van der Waals surface area contributed by atoms with E-state index in [-0.39, 0.29) is 24.0 Å². The number of thiazole rings is 1. The Morgan fingerprint density at radius 3 is 2.36 bits per heavy atom. The number of halogens is 2. The second kappa shape index (κ2) is 21.6. The Labute approximate surface area is 277 Å². The van der Waals surface area contributed by atoms with E-state index in [9.17, 15) is 18.4 Å². The maximum absolute atomic E-state index is 14.6. The Bertz CT molecular complexity index is 1510. The summed E-state index contributed by atoms with van der Waals surface area (Å²) in [6.07, 6.45) is 13.0. The maximum atomic E-state index is 14.6. The number of carbonyl (C=O) groups excluding carboxylic acids is 2. The van der Waals surface area contributed by atoms with Crippen molar-refractivity contribution in [3.63, 3.8) is 0 Å². The number of aldehydes is 2. The zero-order valence-electron chi connectivity index (χ0n) is 27.2. The fourth-order valence-electron chi connectivity index (χ4n) is 4.36. The van der Waals surface area contributed by atoms with E-state index in [1.54, 1.807) is 39.1 Å². The second-order valence-corrected chi connectivity index (χ2v) is 10.9. The van der Waals surface area contributed by atoms with Gasteiger partial charge >= 0.3 is 0 Å². The minimum atomic E-state index is -0.767. The molecule has 0 atom stereocenters. The number of nitrogens with one attached hydrogen (secondary N) is 1. The molecule has 47 heavy (non-hydrogen) atoms. The average molecular weight is 676 g/mol. The molecule has 0 amide bonds. The molecule has 0 saturated heterocycles. The van der Waals surface area contributed by atoms with Crippen molar-refractivity contribution in [3.05, 3.63) is 60.1 Å². The summed E-state index contributed by atoms with van der Waals surface area (Å²) in [7, 11) is 4.86. The van der Waals surface area contributed by atoms with Crippen molar-refractivity contribution in [2.24, 2.45) is 0 Å². The topological polar surface area (TPSA) is 146 Å². The quantitative estimate of drug-likeness (QED) is 0.108. The van der Waals surface area contributed by atoms with Gasteiger partial charge in [0.15, 0.2) is 5.82 Å². The number of methoxy groups -OCH3 is 2. The number of aliphatic hydroxyl groups excluding tert-OH is 1. The number of unbranched alkanes of at least 4 members (excludes halogenated alkanes) is 1. The van der Waals surface area contributed by atoms with E-state index in [0.717, 1.165) is 61.0 Å². The molecule has 0 spiro atoms. The van der Waals surface area contributed by atoms with Gasteiger partial charge in [-0.1, -0.05) is 25.8 Å². The lowest BCUT2D eigenvalue weighted by atomic mass is 9.96. The molecule has 0 aliphatic heterocycles. The molecule has 1 aliphatic carbocycles. The minimum Gasteiger partial charge on any atom is -0.397 e. The van der Waals surface area contributed by atoms with Crippen LogP contribution in [-0.2, 0) is 25.8 Å². The van der Waals surface area contributed by atoms with Gasteiger partial charge in [0.05, 0.1) is 29.3 Å². The van der Waals surface area contributed by atoms with Crippen LogP contribution in [0.25, 0.3) is 27.7 Å². The van der Waals surface area contributed by atoms with Gasteiger partial charge in [-0.2, -0.15) is 14.6 Å². The van der Waals surface area contributed by atoms with Crippen LogP contribution in [0.2, 0.25) is 0 Å². The molecule has 4 heterocycles. The van der Waals surface area contributed by atoms with Crippen LogP contribution in [0.5, 0.6) is 0 Å². The smallest absolute Gasteiger partial charge is 0.213 e. The van der Waals surface area contributed by atoms with Crippen LogP contribution in [0.1, 0.15) is 63.6 Å². The molecule has 0 aromatic carbocycles. The van der Waals surface area contributed by atoms with Gasteiger partial charge in [0, 0.05) is 64.1 Å². The number of nitrogens with zero attached hydrogens (tertiary/aromatic N) is 6. The first-order valence-electron chi connectivity index (χ1n) is 15.0. The SMILES string of the molecule is C=C(Nc1cn(C2CCCCC2)nc1-c1nc(F)ccc1F)c1csc(-c2cnn(COC)c2)n1.CCO.COC.O=CCCC=O. The number of pyridine rings is 1. The number of carbonyl (C=O) groups is 2. The summed E-state index contributed by atoms with van der Waals surface area (Å²) >= 11 is 1.46. The Morgan fingerprint density at radius 1 is 1.09 bits per heavy atom. The average Bonchev–Trinajstić information content (AvgIpc) is 3.83. The Morgan fingerprint density at radius 2 is 1.74 bits per heavy atom. The lowest BCUT2D eigenvalue weighted by Crippen LogP contribution is -2.13.